The summed E-state index contributed by atoms with van der Waals surface area (Å²) in [5.74, 6) is -0.880. The Morgan fingerprint density at radius 3 is 2.59 bits per heavy atom. The number of amides is 1. The molecule has 11 heteroatoms. The van der Waals surface area contributed by atoms with Gasteiger partial charge in [0.2, 0.25) is 0 Å². The second-order valence-electron chi connectivity index (χ2n) is 7.81. The number of rotatable bonds is 7. The van der Waals surface area contributed by atoms with Gasteiger partial charge in [0.25, 0.3) is 5.69 Å². The molecule has 1 N–H and O–H groups in total. The van der Waals surface area contributed by atoms with Crippen LogP contribution in [-0.4, -0.2) is 56.5 Å². The van der Waals surface area contributed by atoms with Gasteiger partial charge in [-0.1, -0.05) is 12.1 Å². The van der Waals surface area contributed by atoms with Gasteiger partial charge in [0.15, 0.2) is 5.78 Å². The maximum Gasteiger partial charge on any atom is 0.407 e. The van der Waals surface area contributed by atoms with Crippen LogP contribution in [0.15, 0.2) is 53.1 Å². The molecule has 2 aromatic carbocycles. The molecule has 0 saturated carbocycles. The molecule has 176 valence electrons. The van der Waals surface area contributed by atoms with Gasteiger partial charge in [0.1, 0.15) is 6.61 Å². The topological polar surface area (TPSA) is 132 Å². The van der Waals surface area contributed by atoms with E-state index < -0.39 is 23.0 Å². The Hall–Kier alpha value is -3.73. The van der Waals surface area contributed by atoms with Crippen molar-refractivity contribution < 1.29 is 29.2 Å². The zero-order chi connectivity index (χ0) is 24.4. The van der Waals surface area contributed by atoms with Gasteiger partial charge < -0.3 is 14.4 Å². The molecule has 1 aromatic heterocycles. The summed E-state index contributed by atoms with van der Waals surface area (Å²) >= 11 is 3.51. The number of para-hydroxylation sites is 1. The normalized spacial score (nSPS) is 15.4. The molecule has 0 unspecified atom stereocenters. The molecule has 0 bridgehead atoms. The average molecular weight is 530 g/mol. The van der Waals surface area contributed by atoms with E-state index in [2.05, 4.69) is 15.9 Å². The van der Waals surface area contributed by atoms with Gasteiger partial charge in [-0.25, -0.2) is 9.59 Å². The third-order valence-electron chi connectivity index (χ3n) is 5.79. The number of carboxylic acid groups (broad SMARTS) is 1. The van der Waals surface area contributed by atoms with E-state index >= 15 is 0 Å². The van der Waals surface area contributed by atoms with Crippen LogP contribution in [0.1, 0.15) is 33.6 Å². The second-order valence-corrected chi connectivity index (χ2v) is 8.66. The van der Waals surface area contributed by atoms with Crippen molar-refractivity contribution in [3.05, 3.63) is 74.4 Å². The first kappa shape index (κ1) is 23.4. The smallest absolute Gasteiger partial charge is 0.407 e. The van der Waals surface area contributed by atoms with E-state index in [-0.39, 0.29) is 30.2 Å². The first-order valence-electron chi connectivity index (χ1n) is 10.5. The minimum atomic E-state index is -1.11. The highest BCUT2D eigenvalue weighted by molar-refractivity contribution is 9.10. The molecule has 4 rings (SSSR count). The highest BCUT2D eigenvalue weighted by Gasteiger charge is 2.35. The lowest BCUT2D eigenvalue weighted by atomic mass is 10.0. The lowest BCUT2D eigenvalue weighted by molar-refractivity contribution is -0.384. The molecule has 0 radical (unpaired) electrons. The third-order valence-corrected chi connectivity index (χ3v) is 6.43. The fourth-order valence-electron chi connectivity index (χ4n) is 4.17. The predicted molar refractivity (Wildman–Crippen MR) is 125 cm³/mol. The number of likely N-dealkylation sites (tertiary alicyclic amines) is 1. The number of hydrogen-bond donors (Lipinski definition) is 1. The quantitative estimate of drug-likeness (QED) is 0.206. The molecule has 1 amide bonds. The Labute approximate surface area is 202 Å². The molecule has 2 heterocycles. The fourth-order valence-corrected chi connectivity index (χ4v) is 4.77. The summed E-state index contributed by atoms with van der Waals surface area (Å²) in [7, 11) is 0. The van der Waals surface area contributed by atoms with Crippen LogP contribution in [0.4, 0.5) is 10.5 Å². The predicted octanol–water partition coefficient (Wildman–Crippen LogP) is 4.49. The number of ketones is 1. The summed E-state index contributed by atoms with van der Waals surface area (Å²) in [5, 5.41) is 20.9. The Bertz CT molecular complexity index is 1290. The standard InChI is InChI=1S/C23H20BrN3O7/c24-18-4-1-3-16-17(21(28)19-5-2-10-26(19)23(30)31)13-25(20(16)18)11-12-34-22(29)14-6-8-15(9-7-14)27(32)33/h1,3-4,6-9,13,19H,2,5,10-12H2,(H,30,31)/t19-/m0/s1. The average Bonchev–Trinajstić information content (AvgIpc) is 3.45. The van der Waals surface area contributed by atoms with Crippen LogP contribution in [0, 0.1) is 10.1 Å². The van der Waals surface area contributed by atoms with Crippen molar-refractivity contribution in [3.8, 4) is 0 Å². The van der Waals surface area contributed by atoms with Gasteiger partial charge in [-0.05, 0) is 47.0 Å². The van der Waals surface area contributed by atoms with Crippen LogP contribution in [-0.2, 0) is 11.3 Å². The monoisotopic (exact) mass is 529 g/mol. The van der Waals surface area contributed by atoms with Gasteiger partial charge in [-0.15, -0.1) is 0 Å². The number of non-ortho nitro benzene ring substituents is 1. The van der Waals surface area contributed by atoms with Gasteiger partial charge in [-0.3, -0.25) is 19.8 Å². The molecular formula is C23H20BrN3O7. The number of carbonyl (C=O) groups is 3. The molecule has 1 saturated heterocycles. The Morgan fingerprint density at radius 1 is 1.18 bits per heavy atom. The summed E-state index contributed by atoms with van der Waals surface area (Å²) < 4.78 is 7.85. The van der Waals surface area contributed by atoms with Gasteiger partial charge >= 0.3 is 12.1 Å². The van der Waals surface area contributed by atoms with Crippen molar-refractivity contribution >= 4 is 50.4 Å². The van der Waals surface area contributed by atoms with E-state index in [9.17, 15) is 29.6 Å². The number of benzene rings is 2. The summed E-state index contributed by atoms with van der Waals surface area (Å²) in [6.45, 7) is 0.574. The molecule has 0 aliphatic carbocycles. The molecule has 0 spiro atoms. The van der Waals surface area contributed by atoms with Gasteiger partial charge in [0, 0.05) is 40.3 Å². The van der Waals surface area contributed by atoms with E-state index in [1.54, 1.807) is 22.9 Å². The van der Waals surface area contributed by atoms with E-state index in [1.165, 1.54) is 29.2 Å². The number of esters is 1. The number of nitro groups is 1. The molecule has 1 fully saturated rings. The Balaban J connectivity index is 1.53. The highest BCUT2D eigenvalue weighted by atomic mass is 79.9. The summed E-state index contributed by atoms with van der Waals surface area (Å²) in [5.41, 5.74) is 1.21. The zero-order valence-electron chi connectivity index (χ0n) is 17.8. The number of hydrogen-bond acceptors (Lipinski definition) is 6. The third kappa shape index (κ3) is 4.51. The van der Waals surface area contributed by atoms with Crippen LogP contribution >= 0.6 is 15.9 Å². The minimum Gasteiger partial charge on any atom is -0.465 e. The van der Waals surface area contributed by atoms with Crippen LogP contribution in [0.5, 0.6) is 0 Å². The number of carbonyl (C=O) groups excluding carboxylic acids is 2. The maximum atomic E-state index is 13.3. The SMILES string of the molecule is O=C(OCCn1cc(C(=O)[C@@H]2CCCN2C(=O)O)c2cccc(Br)c21)c1ccc([N+](=O)[O-])cc1. The Kier molecular flexibility index (Phi) is 6.64. The number of nitrogens with zero attached hydrogens (tertiary/aromatic N) is 3. The van der Waals surface area contributed by atoms with Crippen molar-refractivity contribution in [1.29, 1.82) is 0 Å². The lowest BCUT2D eigenvalue weighted by Crippen LogP contribution is -2.39. The second kappa shape index (κ2) is 9.64. The maximum absolute atomic E-state index is 13.3. The minimum absolute atomic E-state index is 0.000749. The van der Waals surface area contributed by atoms with Crippen LogP contribution in [0.3, 0.4) is 0 Å². The summed E-state index contributed by atoms with van der Waals surface area (Å²) in [6, 6.07) is 9.82. The van der Waals surface area contributed by atoms with Crippen LogP contribution in [0.25, 0.3) is 10.9 Å². The first-order chi connectivity index (χ1) is 16.3. The van der Waals surface area contributed by atoms with E-state index in [4.69, 9.17) is 4.74 Å². The number of Topliss-reactive ketones (excluding diaryl/α,β-unsaturated/α-hetero) is 1. The summed E-state index contributed by atoms with van der Waals surface area (Å²) in [6.07, 6.45) is 1.65. The van der Waals surface area contributed by atoms with Gasteiger partial charge in [-0.2, -0.15) is 0 Å². The zero-order valence-corrected chi connectivity index (χ0v) is 19.4. The van der Waals surface area contributed by atoms with Crippen molar-refractivity contribution in [2.75, 3.05) is 13.2 Å². The van der Waals surface area contributed by atoms with Crippen LogP contribution in [0.2, 0.25) is 0 Å². The van der Waals surface area contributed by atoms with Crippen molar-refractivity contribution in [1.82, 2.24) is 9.47 Å². The molecule has 34 heavy (non-hydrogen) atoms. The molecule has 10 nitrogen and oxygen atoms in total. The van der Waals surface area contributed by atoms with E-state index in [0.717, 1.165) is 9.99 Å². The van der Waals surface area contributed by atoms with E-state index in [1.807, 2.05) is 6.07 Å². The molecule has 1 atom stereocenters. The Morgan fingerprint density at radius 2 is 1.91 bits per heavy atom. The highest BCUT2D eigenvalue weighted by Crippen LogP contribution is 2.31. The molecule has 3 aromatic rings. The number of ether oxygens (including phenoxy) is 1. The molecule has 1 aliphatic rings. The van der Waals surface area contributed by atoms with Crippen molar-refractivity contribution in [3.63, 3.8) is 0 Å². The fraction of sp³-hybridized carbons (Fsp3) is 0.261. The number of nitro benzene ring substituents is 1. The number of fused-ring (bicyclic) bond motifs is 1. The molecular weight excluding hydrogens is 510 g/mol. The summed E-state index contributed by atoms with van der Waals surface area (Å²) in [4.78, 5) is 48.5. The largest absolute Gasteiger partial charge is 0.465 e. The van der Waals surface area contributed by atoms with Crippen LogP contribution < -0.4 is 0 Å². The lowest BCUT2D eigenvalue weighted by Gasteiger charge is -2.19. The van der Waals surface area contributed by atoms with E-state index in [0.29, 0.717) is 30.3 Å². The first-order valence-corrected chi connectivity index (χ1v) is 11.3. The number of halogens is 1. The van der Waals surface area contributed by atoms with Crippen molar-refractivity contribution in [2.24, 2.45) is 0 Å². The van der Waals surface area contributed by atoms with Gasteiger partial charge in [0.05, 0.1) is 28.6 Å². The molecule has 1 aliphatic heterocycles. The number of aromatic nitrogens is 1. The van der Waals surface area contributed by atoms with Crippen molar-refractivity contribution in [2.45, 2.75) is 25.4 Å².